The lowest BCUT2D eigenvalue weighted by Crippen LogP contribution is -2.49. The molecule has 158 valence electrons. The number of aromatic nitrogens is 1. The van der Waals surface area contributed by atoms with Gasteiger partial charge in [0.2, 0.25) is 5.91 Å². The number of pyridine rings is 1. The topological polar surface area (TPSA) is 65.5 Å². The van der Waals surface area contributed by atoms with Crippen LogP contribution in [0, 0.1) is 5.92 Å². The first-order valence-corrected chi connectivity index (χ1v) is 11.0. The summed E-state index contributed by atoms with van der Waals surface area (Å²) in [6.45, 7) is 3.47. The van der Waals surface area contributed by atoms with E-state index in [2.05, 4.69) is 15.2 Å². The summed E-state index contributed by atoms with van der Waals surface area (Å²) in [5, 5.41) is 3.06. The van der Waals surface area contributed by atoms with E-state index in [0.717, 1.165) is 50.2 Å². The monoisotopic (exact) mass is 406 g/mol. The van der Waals surface area contributed by atoms with Gasteiger partial charge in [-0.3, -0.25) is 9.59 Å². The second-order valence-corrected chi connectivity index (χ2v) is 8.22. The quantitative estimate of drug-likeness (QED) is 0.828. The predicted molar refractivity (Wildman–Crippen MR) is 117 cm³/mol. The van der Waals surface area contributed by atoms with Crippen molar-refractivity contribution < 1.29 is 9.59 Å². The van der Waals surface area contributed by atoms with E-state index in [1.807, 2.05) is 47.4 Å². The zero-order valence-electron chi connectivity index (χ0n) is 17.4. The van der Waals surface area contributed by atoms with Gasteiger partial charge < -0.3 is 15.1 Å². The molecule has 1 saturated carbocycles. The van der Waals surface area contributed by atoms with Gasteiger partial charge in [0, 0.05) is 50.4 Å². The number of hydrogen-bond donors (Lipinski definition) is 1. The van der Waals surface area contributed by atoms with Gasteiger partial charge in [-0.05, 0) is 42.7 Å². The highest BCUT2D eigenvalue weighted by atomic mass is 16.2. The Morgan fingerprint density at radius 2 is 1.67 bits per heavy atom. The molecule has 2 fully saturated rings. The number of piperazine rings is 1. The van der Waals surface area contributed by atoms with E-state index in [1.165, 1.54) is 6.42 Å². The molecule has 2 aliphatic rings. The molecule has 2 aromatic rings. The van der Waals surface area contributed by atoms with Gasteiger partial charge in [-0.15, -0.1) is 0 Å². The van der Waals surface area contributed by atoms with Gasteiger partial charge in [-0.2, -0.15) is 0 Å². The SMILES string of the molecule is O=C(NCc1ccc(C(=O)N2CCN(c3ccccn3)CC2)cc1)C1CCCCC1. The summed E-state index contributed by atoms with van der Waals surface area (Å²) >= 11 is 0. The van der Waals surface area contributed by atoms with Crippen molar-refractivity contribution >= 4 is 17.6 Å². The number of rotatable bonds is 5. The minimum absolute atomic E-state index is 0.0634. The Morgan fingerprint density at radius 1 is 0.933 bits per heavy atom. The molecule has 0 atom stereocenters. The van der Waals surface area contributed by atoms with Crippen LogP contribution in [0.2, 0.25) is 0 Å². The maximum atomic E-state index is 12.8. The van der Waals surface area contributed by atoms with Crippen LogP contribution in [-0.4, -0.2) is 47.9 Å². The number of amides is 2. The maximum absolute atomic E-state index is 12.8. The molecular formula is C24H30N4O2. The van der Waals surface area contributed by atoms with Crippen LogP contribution in [0.4, 0.5) is 5.82 Å². The van der Waals surface area contributed by atoms with Gasteiger partial charge in [0.1, 0.15) is 5.82 Å². The number of nitrogens with one attached hydrogen (secondary N) is 1. The predicted octanol–water partition coefficient (Wildman–Crippen LogP) is 3.24. The smallest absolute Gasteiger partial charge is 0.253 e. The summed E-state index contributed by atoms with van der Waals surface area (Å²) in [7, 11) is 0. The molecule has 1 aromatic carbocycles. The molecule has 1 N–H and O–H groups in total. The lowest BCUT2D eigenvalue weighted by atomic mass is 9.88. The molecule has 2 heterocycles. The maximum Gasteiger partial charge on any atom is 0.253 e. The van der Waals surface area contributed by atoms with Crippen molar-refractivity contribution in [3.63, 3.8) is 0 Å². The largest absolute Gasteiger partial charge is 0.353 e. The number of benzene rings is 1. The highest BCUT2D eigenvalue weighted by Crippen LogP contribution is 2.23. The van der Waals surface area contributed by atoms with Crippen molar-refractivity contribution in [3.05, 3.63) is 59.8 Å². The zero-order valence-corrected chi connectivity index (χ0v) is 17.4. The van der Waals surface area contributed by atoms with E-state index in [9.17, 15) is 9.59 Å². The fourth-order valence-corrected chi connectivity index (χ4v) is 4.33. The van der Waals surface area contributed by atoms with Crippen molar-refractivity contribution in [2.75, 3.05) is 31.1 Å². The van der Waals surface area contributed by atoms with Gasteiger partial charge in [0.15, 0.2) is 0 Å². The first kappa shape index (κ1) is 20.4. The molecule has 4 rings (SSSR count). The van der Waals surface area contributed by atoms with Gasteiger partial charge in [0.05, 0.1) is 0 Å². The summed E-state index contributed by atoms with van der Waals surface area (Å²) in [6, 6.07) is 13.5. The molecule has 1 saturated heterocycles. The number of nitrogens with zero attached hydrogens (tertiary/aromatic N) is 3. The zero-order chi connectivity index (χ0) is 20.8. The standard InChI is InChI=1S/C24H30N4O2/c29-23(20-6-2-1-3-7-20)26-18-19-9-11-21(12-10-19)24(30)28-16-14-27(15-17-28)22-8-4-5-13-25-22/h4-5,8-13,20H,1-3,6-7,14-18H2,(H,26,29). The highest BCUT2D eigenvalue weighted by molar-refractivity contribution is 5.94. The average Bonchev–Trinajstić information content (AvgIpc) is 2.83. The Bertz CT molecular complexity index is 839. The Balaban J connectivity index is 1.26. The minimum atomic E-state index is 0.0634. The lowest BCUT2D eigenvalue weighted by Gasteiger charge is -2.35. The third kappa shape index (κ3) is 4.99. The summed E-state index contributed by atoms with van der Waals surface area (Å²) in [5.41, 5.74) is 1.72. The van der Waals surface area contributed by atoms with Crippen LogP contribution >= 0.6 is 0 Å². The van der Waals surface area contributed by atoms with Gasteiger partial charge >= 0.3 is 0 Å². The normalized spacial score (nSPS) is 17.6. The third-order valence-electron chi connectivity index (χ3n) is 6.18. The minimum Gasteiger partial charge on any atom is -0.353 e. The fraction of sp³-hybridized carbons (Fsp3) is 0.458. The van der Waals surface area contributed by atoms with Crippen LogP contribution in [0.5, 0.6) is 0 Å². The fourth-order valence-electron chi connectivity index (χ4n) is 4.33. The number of anilines is 1. The molecule has 0 bridgehead atoms. The van der Waals surface area contributed by atoms with E-state index in [4.69, 9.17) is 0 Å². The molecule has 1 aliphatic carbocycles. The summed E-state index contributed by atoms with van der Waals surface area (Å²) in [4.78, 5) is 33.7. The highest BCUT2D eigenvalue weighted by Gasteiger charge is 2.23. The number of carbonyl (C=O) groups is 2. The molecule has 0 radical (unpaired) electrons. The van der Waals surface area contributed by atoms with E-state index in [1.54, 1.807) is 6.20 Å². The van der Waals surface area contributed by atoms with Crippen molar-refractivity contribution in [1.82, 2.24) is 15.2 Å². The van der Waals surface area contributed by atoms with Crippen molar-refractivity contribution in [3.8, 4) is 0 Å². The molecule has 1 aromatic heterocycles. The Labute approximate surface area is 178 Å². The van der Waals surface area contributed by atoms with Crippen LogP contribution in [0.15, 0.2) is 48.7 Å². The molecule has 1 aliphatic heterocycles. The molecule has 0 spiro atoms. The van der Waals surface area contributed by atoms with E-state index in [-0.39, 0.29) is 17.7 Å². The summed E-state index contributed by atoms with van der Waals surface area (Å²) in [5.74, 6) is 1.36. The second kappa shape index (κ2) is 9.74. The van der Waals surface area contributed by atoms with Crippen molar-refractivity contribution in [2.45, 2.75) is 38.6 Å². The Morgan fingerprint density at radius 3 is 2.33 bits per heavy atom. The van der Waals surface area contributed by atoms with Crippen LogP contribution in [0.1, 0.15) is 48.0 Å². The van der Waals surface area contributed by atoms with Crippen LogP contribution in [0.3, 0.4) is 0 Å². The first-order chi connectivity index (χ1) is 14.7. The van der Waals surface area contributed by atoms with Crippen LogP contribution in [-0.2, 0) is 11.3 Å². The summed E-state index contributed by atoms with van der Waals surface area (Å²) < 4.78 is 0. The molecule has 30 heavy (non-hydrogen) atoms. The van der Waals surface area contributed by atoms with Gasteiger partial charge in [-0.25, -0.2) is 4.98 Å². The number of hydrogen-bond acceptors (Lipinski definition) is 4. The van der Waals surface area contributed by atoms with E-state index < -0.39 is 0 Å². The average molecular weight is 407 g/mol. The molecular weight excluding hydrogens is 376 g/mol. The molecule has 2 amide bonds. The molecule has 6 heteroatoms. The molecule has 6 nitrogen and oxygen atoms in total. The van der Waals surface area contributed by atoms with Gasteiger partial charge in [0.25, 0.3) is 5.91 Å². The first-order valence-electron chi connectivity index (χ1n) is 11.0. The Hall–Kier alpha value is -2.89. The van der Waals surface area contributed by atoms with Crippen LogP contribution in [0.25, 0.3) is 0 Å². The van der Waals surface area contributed by atoms with Crippen molar-refractivity contribution in [2.24, 2.45) is 5.92 Å². The van der Waals surface area contributed by atoms with Gasteiger partial charge in [-0.1, -0.05) is 37.5 Å². The second-order valence-electron chi connectivity index (χ2n) is 8.22. The number of carbonyl (C=O) groups excluding carboxylic acids is 2. The van der Waals surface area contributed by atoms with Crippen LogP contribution < -0.4 is 10.2 Å². The third-order valence-corrected chi connectivity index (χ3v) is 6.18. The van der Waals surface area contributed by atoms with Crippen molar-refractivity contribution in [1.29, 1.82) is 0 Å². The molecule has 0 unspecified atom stereocenters. The van der Waals surface area contributed by atoms with E-state index in [0.29, 0.717) is 25.2 Å². The van der Waals surface area contributed by atoms with E-state index >= 15 is 0 Å². The lowest BCUT2D eigenvalue weighted by molar-refractivity contribution is -0.126. The summed E-state index contributed by atoms with van der Waals surface area (Å²) in [6.07, 6.45) is 7.37. The Kier molecular flexibility index (Phi) is 6.62.